The van der Waals surface area contributed by atoms with Crippen LogP contribution in [-0.2, 0) is 0 Å². The highest BCUT2D eigenvalue weighted by atomic mass is 35.5. The van der Waals surface area contributed by atoms with Gasteiger partial charge in [-0.25, -0.2) is 13.8 Å². The number of rotatable bonds is 2. The van der Waals surface area contributed by atoms with Crippen molar-refractivity contribution in [2.24, 2.45) is 0 Å². The molecule has 0 saturated carbocycles. The molecule has 0 radical (unpaired) electrons. The lowest BCUT2D eigenvalue weighted by Crippen LogP contribution is -1.99. The van der Waals surface area contributed by atoms with Gasteiger partial charge in [-0.05, 0) is 0 Å². The molecule has 1 heterocycles. The molecule has 14 heavy (non-hydrogen) atoms. The predicted octanol–water partition coefficient (Wildman–Crippen LogP) is 2.72. The summed E-state index contributed by atoms with van der Waals surface area (Å²) in [7, 11) is 0. The van der Waals surface area contributed by atoms with Crippen molar-refractivity contribution in [2.45, 2.75) is 6.43 Å². The Kier molecular flexibility index (Phi) is 2.90. The first-order valence-corrected chi connectivity index (χ1v) is 3.59. The van der Waals surface area contributed by atoms with Gasteiger partial charge in [0.05, 0.1) is 11.0 Å². The van der Waals surface area contributed by atoms with Crippen molar-refractivity contribution < 1.29 is 18.1 Å². The van der Waals surface area contributed by atoms with Gasteiger partial charge in [0.15, 0.2) is 0 Å². The fourth-order valence-electron chi connectivity index (χ4n) is 0.781. The summed E-state index contributed by atoms with van der Waals surface area (Å²) in [6.07, 6.45) is -3.16. The van der Waals surface area contributed by atoms with E-state index in [-0.39, 0.29) is 0 Å². The molecule has 0 unspecified atom stereocenters. The van der Waals surface area contributed by atoms with E-state index in [9.17, 15) is 23.3 Å². The Morgan fingerprint density at radius 1 is 1.57 bits per heavy atom. The smallest absolute Gasteiger partial charge is 0.258 e. The van der Waals surface area contributed by atoms with Crippen LogP contribution in [0.1, 0.15) is 12.1 Å². The average molecular weight is 227 g/mol. The maximum absolute atomic E-state index is 12.5. The Labute approximate surface area is 80.5 Å². The first-order chi connectivity index (χ1) is 6.43. The number of nitro groups is 1. The van der Waals surface area contributed by atoms with E-state index in [2.05, 4.69) is 4.98 Å². The van der Waals surface area contributed by atoms with Crippen molar-refractivity contribution in [1.82, 2.24) is 4.98 Å². The second kappa shape index (κ2) is 3.79. The van der Waals surface area contributed by atoms with Gasteiger partial charge in [0.1, 0.15) is 10.7 Å². The molecule has 1 aromatic heterocycles. The minimum Gasteiger partial charge on any atom is -0.258 e. The fourth-order valence-corrected chi connectivity index (χ4v) is 1.03. The van der Waals surface area contributed by atoms with E-state index >= 15 is 0 Å². The highest BCUT2D eigenvalue weighted by molar-refractivity contribution is 6.33. The van der Waals surface area contributed by atoms with E-state index in [1.807, 2.05) is 0 Å². The molecule has 0 saturated heterocycles. The lowest BCUT2D eigenvalue weighted by atomic mass is 10.3. The molecule has 1 rings (SSSR count). The zero-order valence-corrected chi connectivity index (χ0v) is 7.13. The number of hydrogen-bond acceptors (Lipinski definition) is 3. The van der Waals surface area contributed by atoms with Gasteiger partial charge >= 0.3 is 0 Å². The third-order valence-corrected chi connectivity index (χ3v) is 1.72. The molecule has 76 valence electrons. The van der Waals surface area contributed by atoms with Crippen molar-refractivity contribution in [3.8, 4) is 0 Å². The van der Waals surface area contributed by atoms with Crippen LogP contribution in [0.5, 0.6) is 0 Å². The summed E-state index contributed by atoms with van der Waals surface area (Å²) in [5, 5.41) is 9.39. The van der Waals surface area contributed by atoms with Crippen molar-refractivity contribution >= 4 is 17.3 Å². The molecule has 1 aromatic rings. The van der Waals surface area contributed by atoms with E-state index in [1.165, 1.54) is 0 Å². The molecule has 0 aliphatic carbocycles. The molecule has 0 bridgehead atoms. The number of hydrogen-bond donors (Lipinski definition) is 0. The third kappa shape index (κ3) is 1.92. The van der Waals surface area contributed by atoms with Crippen LogP contribution in [0.4, 0.5) is 18.9 Å². The first-order valence-electron chi connectivity index (χ1n) is 3.22. The fraction of sp³-hybridized carbons (Fsp3) is 0.167. The van der Waals surface area contributed by atoms with E-state index in [4.69, 9.17) is 11.6 Å². The molecule has 0 aliphatic rings. The Hall–Kier alpha value is -1.37. The Balaban J connectivity index is 3.40. The zero-order chi connectivity index (χ0) is 10.9. The minimum absolute atomic E-state index is 0.383. The third-order valence-electron chi connectivity index (χ3n) is 1.34. The Bertz CT molecular complexity index is 386. The number of pyridine rings is 1. The molecule has 0 spiro atoms. The van der Waals surface area contributed by atoms with Crippen LogP contribution in [0, 0.1) is 16.1 Å². The standard InChI is InChI=1S/C6H2ClF3N2O2/c7-4-2(12(13)14)1-3(8)11-5(4)6(9)10/h1,6H. The summed E-state index contributed by atoms with van der Waals surface area (Å²) in [6, 6.07) is 0.383. The summed E-state index contributed by atoms with van der Waals surface area (Å²) >= 11 is 5.22. The average Bonchev–Trinajstić information content (AvgIpc) is 2.07. The number of aromatic nitrogens is 1. The van der Waals surface area contributed by atoms with Gasteiger partial charge in [-0.15, -0.1) is 0 Å². The van der Waals surface area contributed by atoms with Crippen molar-refractivity contribution in [1.29, 1.82) is 0 Å². The van der Waals surface area contributed by atoms with Gasteiger partial charge < -0.3 is 0 Å². The van der Waals surface area contributed by atoms with Gasteiger partial charge in [0.25, 0.3) is 12.1 Å². The lowest BCUT2D eigenvalue weighted by Gasteiger charge is -2.02. The van der Waals surface area contributed by atoms with Crippen LogP contribution < -0.4 is 0 Å². The Morgan fingerprint density at radius 3 is 2.57 bits per heavy atom. The second-order valence-electron chi connectivity index (χ2n) is 2.22. The van der Waals surface area contributed by atoms with Crippen molar-refractivity contribution in [3.05, 3.63) is 32.8 Å². The van der Waals surface area contributed by atoms with Crippen LogP contribution in [-0.4, -0.2) is 9.91 Å². The van der Waals surface area contributed by atoms with Gasteiger partial charge in [-0.3, -0.25) is 10.1 Å². The summed E-state index contributed by atoms with van der Waals surface area (Å²) in [5.41, 5.74) is -2.05. The van der Waals surface area contributed by atoms with Crippen LogP contribution in [0.15, 0.2) is 6.07 Å². The minimum atomic E-state index is -3.16. The number of alkyl halides is 2. The topological polar surface area (TPSA) is 56.0 Å². The molecule has 0 atom stereocenters. The van der Waals surface area contributed by atoms with E-state index in [0.717, 1.165) is 0 Å². The van der Waals surface area contributed by atoms with E-state index in [1.54, 1.807) is 0 Å². The molecule has 0 N–H and O–H groups in total. The number of halogens is 4. The normalized spacial score (nSPS) is 10.6. The summed E-state index contributed by atoms with van der Waals surface area (Å²) in [6.45, 7) is 0. The maximum Gasteiger partial charge on any atom is 0.294 e. The molecule has 0 amide bonds. The molecular formula is C6H2ClF3N2O2. The number of nitrogens with zero attached hydrogens (tertiary/aromatic N) is 2. The summed E-state index contributed by atoms with van der Waals surface area (Å²) in [4.78, 5) is 11.9. The lowest BCUT2D eigenvalue weighted by molar-refractivity contribution is -0.385. The van der Waals surface area contributed by atoms with Crippen LogP contribution in [0.25, 0.3) is 0 Å². The largest absolute Gasteiger partial charge is 0.294 e. The van der Waals surface area contributed by atoms with E-state index < -0.39 is 33.7 Å². The van der Waals surface area contributed by atoms with E-state index in [0.29, 0.717) is 6.07 Å². The van der Waals surface area contributed by atoms with Crippen molar-refractivity contribution in [2.75, 3.05) is 0 Å². The van der Waals surface area contributed by atoms with Crippen LogP contribution in [0.3, 0.4) is 0 Å². The zero-order valence-electron chi connectivity index (χ0n) is 6.38. The molecule has 4 nitrogen and oxygen atoms in total. The van der Waals surface area contributed by atoms with Crippen LogP contribution in [0.2, 0.25) is 5.02 Å². The second-order valence-corrected chi connectivity index (χ2v) is 2.60. The first kappa shape index (κ1) is 10.7. The molecule has 0 aromatic carbocycles. The monoisotopic (exact) mass is 226 g/mol. The SMILES string of the molecule is O=[N+]([O-])c1cc(F)nc(C(F)F)c1Cl. The highest BCUT2D eigenvalue weighted by Gasteiger charge is 2.24. The van der Waals surface area contributed by atoms with Crippen molar-refractivity contribution in [3.63, 3.8) is 0 Å². The molecule has 0 aliphatic heterocycles. The van der Waals surface area contributed by atoms with Gasteiger partial charge in [-0.1, -0.05) is 11.6 Å². The maximum atomic E-state index is 12.5. The van der Waals surface area contributed by atoms with Gasteiger partial charge in [0, 0.05) is 0 Å². The summed E-state index contributed by atoms with van der Waals surface area (Å²) in [5.74, 6) is -1.36. The Morgan fingerprint density at radius 2 is 2.14 bits per heavy atom. The predicted molar refractivity (Wildman–Crippen MR) is 40.8 cm³/mol. The highest BCUT2D eigenvalue weighted by Crippen LogP contribution is 2.32. The molecular weight excluding hydrogens is 225 g/mol. The molecule has 0 fully saturated rings. The van der Waals surface area contributed by atoms with Gasteiger partial charge in [-0.2, -0.15) is 4.39 Å². The van der Waals surface area contributed by atoms with Gasteiger partial charge in [0.2, 0.25) is 5.95 Å². The summed E-state index contributed by atoms with van der Waals surface area (Å²) < 4.78 is 36.8. The quantitative estimate of drug-likeness (QED) is 0.443. The van der Waals surface area contributed by atoms with Crippen LogP contribution >= 0.6 is 11.6 Å². The molecule has 8 heteroatoms.